The molecule has 4 rings (SSSR count). The van der Waals surface area contributed by atoms with Gasteiger partial charge < -0.3 is 14.5 Å². The van der Waals surface area contributed by atoms with Crippen molar-refractivity contribution < 1.29 is 14.3 Å². The van der Waals surface area contributed by atoms with Gasteiger partial charge >= 0.3 is 0 Å². The number of rotatable bonds is 5. The summed E-state index contributed by atoms with van der Waals surface area (Å²) in [5, 5.41) is 0. The highest BCUT2D eigenvalue weighted by Crippen LogP contribution is 2.46. The second kappa shape index (κ2) is 8.33. The van der Waals surface area contributed by atoms with E-state index >= 15 is 0 Å². The lowest BCUT2D eigenvalue weighted by molar-refractivity contribution is -0.135. The van der Waals surface area contributed by atoms with Gasteiger partial charge in [0, 0.05) is 50.5 Å². The summed E-state index contributed by atoms with van der Waals surface area (Å²) in [5.74, 6) is 0.538. The molecule has 0 N–H and O–H groups in total. The maximum atomic E-state index is 13.3. The maximum Gasteiger partial charge on any atom is 0.255 e. The van der Waals surface area contributed by atoms with E-state index in [0.717, 1.165) is 5.56 Å². The normalized spacial score (nSPS) is 23.3. The second-order valence-corrected chi connectivity index (χ2v) is 7.86. The molecule has 152 valence electrons. The number of aromatic nitrogens is 1. The topological polar surface area (TPSA) is 62.7 Å². The molecule has 0 aliphatic carbocycles. The Morgan fingerprint density at radius 1 is 1.14 bits per heavy atom. The first-order valence-corrected chi connectivity index (χ1v) is 10.2. The van der Waals surface area contributed by atoms with E-state index in [-0.39, 0.29) is 36.3 Å². The monoisotopic (exact) mass is 393 g/mol. The molecule has 1 aromatic heterocycles. The molecule has 2 aromatic rings. The summed E-state index contributed by atoms with van der Waals surface area (Å²) < 4.78 is 5.31. The van der Waals surface area contributed by atoms with Gasteiger partial charge in [0.2, 0.25) is 5.91 Å². The van der Waals surface area contributed by atoms with Gasteiger partial charge in [0.05, 0.1) is 11.6 Å². The zero-order valence-electron chi connectivity index (χ0n) is 17.0. The van der Waals surface area contributed by atoms with Gasteiger partial charge in [0.25, 0.3) is 5.91 Å². The number of fused-ring (bicyclic) bond motifs is 1. The minimum atomic E-state index is -0.0428. The number of hydrogen-bond donors (Lipinski definition) is 0. The molecular weight excluding hydrogens is 366 g/mol. The number of hydrogen-bond acceptors (Lipinski definition) is 4. The molecule has 3 heterocycles. The predicted octanol–water partition coefficient (Wildman–Crippen LogP) is 2.70. The van der Waals surface area contributed by atoms with E-state index in [1.54, 1.807) is 18.5 Å². The fourth-order valence-electron chi connectivity index (χ4n) is 4.71. The predicted molar refractivity (Wildman–Crippen MR) is 109 cm³/mol. The van der Waals surface area contributed by atoms with Crippen LogP contribution in [-0.4, -0.2) is 59.4 Å². The largest absolute Gasteiger partial charge is 0.372 e. The summed E-state index contributed by atoms with van der Waals surface area (Å²) in [6.45, 7) is 6.62. The van der Waals surface area contributed by atoms with Crippen molar-refractivity contribution in [2.24, 2.45) is 11.8 Å². The Morgan fingerprint density at radius 2 is 1.97 bits per heavy atom. The number of aryl methyl sites for hydroxylation is 1. The average Bonchev–Trinajstić information content (AvgIpc) is 3.31. The van der Waals surface area contributed by atoms with Crippen molar-refractivity contribution in [3.05, 3.63) is 65.5 Å². The number of nitrogens with zero attached hydrogens (tertiary/aromatic N) is 3. The lowest BCUT2D eigenvalue weighted by atomic mass is 9.87. The molecule has 6 heteroatoms. The van der Waals surface area contributed by atoms with Gasteiger partial charge in [-0.15, -0.1) is 0 Å². The minimum Gasteiger partial charge on any atom is -0.372 e. The lowest BCUT2D eigenvalue weighted by Gasteiger charge is -2.31. The van der Waals surface area contributed by atoms with Crippen molar-refractivity contribution in [1.29, 1.82) is 0 Å². The van der Waals surface area contributed by atoms with Crippen LogP contribution in [0.5, 0.6) is 0 Å². The molecule has 0 radical (unpaired) electrons. The Kier molecular flexibility index (Phi) is 5.62. The molecule has 29 heavy (non-hydrogen) atoms. The zero-order chi connectivity index (χ0) is 20.4. The van der Waals surface area contributed by atoms with Crippen LogP contribution in [-0.2, 0) is 9.53 Å². The van der Waals surface area contributed by atoms with E-state index in [1.807, 2.05) is 34.9 Å². The number of carbonyl (C=O) groups excluding carboxylic acids is 2. The Bertz CT molecular complexity index is 886. The molecule has 2 saturated heterocycles. The molecule has 0 unspecified atom stereocenters. The highest BCUT2D eigenvalue weighted by molar-refractivity contribution is 5.94. The van der Waals surface area contributed by atoms with Crippen LogP contribution in [0.15, 0.2) is 48.8 Å². The fourth-order valence-corrected chi connectivity index (χ4v) is 4.71. The lowest BCUT2D eigenvalue weighted by Crippen LogP contribution is -2.38. The Balaban J connectivity index is 1.63. The molecule has 2 amide bonds. The number of amides is 2. The van der Waals surface area contributed by atoms with Crippen LogP contribution in [0.4, 0.5) is 0 Å². The van der Waals surface area contributed by atoms with Gasteiger partial charge in [-0.25, -0.2) is 0 Å². The minimum absolute atomic E-state index is 0.00736. The standard InChI is InChI=1S/C23H27N3O3/c1-3-29-15-21(27)25-12-18-13-26(23(28)17-8-6-10-24-11-17)22(20(18)14-25)19-9-5-4-7-16(19)2/h4-11,18,20,22H,3,12-15H2,1-2H3/t18-,20-,22+/m0/s1. The van der Waals surface area contributed by atoms with Crippen molar-refractivity contribution in [3.63, 3.8) is 0 Å². The van der Waals surface area contributed by atoms with Crippen LogP contribution in [0.2, 0.25) is 0 Å². The van der Waals surface area contributed by atoms with Crippen molar-refractivity contribution in [2.45, 2.75) is 19.9 Å². The first-order chi connectivity index (χ1) is 14.1. The zero-order valence-corrected chi connectivity index (χ0v) is 17.0. The van der Waals surface area contributed by atoms with Gasteiger partial charge in [-0.3, -0.25) is 14.6 Å². The van der Waals surface area contributed by atoms with Gasteiger partial charge in [0.1, 0.15) is 6.61 Å². The van der Waals surface area contributed by atoms with E-state index in [0.29, 0.717) is 31.8 Å². The molecule has 2 aliphatic heterocycles. The smallest absolute Gasteiger partial charge is 0.255 e. The third kappa shape index (κ3) is 3.77. The first kappa shape index (κ1) is 19.6. The molecule has 0 spiro atoms. The highest BCUT2D eigenvalue weighted by Gasteiger charge is 2.50. The number of likely N-dealkylation sites (tertiary alicyclic amines) is 2. The van der Waals surface area contributed by atoms with Crippen LogP contribution in [0, 0.1) is 18.8 Å². The highest BCUT2D eigenvalue weighted by atomic mass is 16.5. The number of ether oxygens (including phenoxy) is 1. The van der Waals surface area contributed by atoms with Crippen molar-refractivity contribution in [1.82, 2.24) is 14.8 Å². The molecule has 2 fully saturated rings. The van der Waals surface area contributed by atoms with Crippen LogP contribution in [0.25, 0.3) is 0 Å². The number of carbonyl (C=O) groups is 2. The van der Waals surface area contributed by atoms with Crippen LogP contribution >= 0.6 is 0 Å². The third-order valence-electron chi connectivity index (χ3n) is 6.12. The van der Waals surface area contributed by atoms with E-state index in [9.17, 15) is 9.59 Å². The SMILES string of the molecule is CCOCC(=O)N1C[C@H]2CN(C(=O)c3cccnc3)[C@H](c3ccccc3C)[C@H]2C1. The second-order valence-electron chi connectivity index (χ2n) is 7.86. The molecule has 0 bridgehead atoms. The maximum absolute atomic E-state index is 13.3. The molecule has 1 aromatic carbocycles. The fraction of sp³-hybridized carbons (Fsp3) is 0.435. The average molecular weight is 393 g/mol. The van der Waals surface area contributed by atoms with Crippen LogP contribution in [0.3, 0.4) is 0 Å². The Hall–Kier alpha value is -2.73. The van der Waals surface area contributed by atoms with Crippen molar-refractivity contribution >= 4 is 11.8 Å². The quantitative estimate of drug-likeness (QED) is 0.784. The van der Waals surface area contributed by atoms with Gasteiger partial charge in [0.15, 0.2) is 0 Å². The Labute approximate surface area is 171 Å². The number of pyridine rings is 1. The van der Waals surface area contributed by atoms with Gasteiger partial charge in [-0.05, 0) is 37.1 Å². The molecule has 2 aliphatic rings. The number of benzene rings is 1. The van der Waals surface area contributed by atoms with E-state index in [4.69, 9.17) is 4.74 Å². The summed E-state index contributed by atoms with van der Waals surface area (Å²) in [5.41, 5.74) is 2.94. The van der Waals surface area contributed by atoms with Crippen LogP contribution < -0.4 is 0 Å². The molecular formula is C23H27N3O3. The Morgan fingerprint density at radius 3 is 2.69 bits per heavy atom. The van der Waals surface area contributed by atoms with E-state index in [2.05, 4.69) is 24.0 Å². The van der Waals surface area contributed by atoms with Crippen LogP contribution in [0.1, 0.15) is 34.5 Å². The molecule has 6 nitrogen and oxygen atoms in total. The third-order valence-corrected chi connectivity index (χ3v) is 6.12. The molecule has 0 saturated carbocycles. The van der Waals surface area contributed by atoms with Gasteiger partial charge in [-0.2, -0.15) is 0 Å². The van der Waals surface area contributed by atoms with Gasteiger partial charge in [-0.1, -0.05) is 24.3 Å². The first-order valence-electron chi connectivity index (χ1n) is 10.2. The van der Waals surface area contributed by atoms with E-state index < -0.39 is 0 Å². The summed E-state index contributed by atoms with van der Waals surface area (Å²) in [7, 11) is 0. The summed E-state index contributed by atoms with van der Waals surface area (Å²) in [6, 6.07) is 11.8. The van der Waals surface area contributed by atoms with Crippen molar-refractivity contribution in [3.8, 4) is 0 Å². The summed E-state index contributed by atoms with van der Waals surface area (Å²) in [4.78, 5) is 33.8. The van der Waals surface area contributed by atoms with Crippen molar-refractivity contribution in [2.75, 3.05) is 32.8 Å². The van der Waals surface area contributed by atoms with E-state index in [1.165, 1.54) is 5.56 Å². The molecule has 3 atom stereocenters. The summed E-state index contributed by atoms with van der Waals surface area (Å²) >= 11 is 0. The summed E-state index contributed by atoms with van der Waals surface area (Å²) in [6.07, 6.45) is 3.31.